The van der Waals surface area contributed by atoms with Gasteiger partial charge in [-0.3, -0.25) is 14.4 Å². The molecule has 0 spiro atoms. The Kier molecular flexibility index (Phi) is 4.54. The minimum absolute atomic E-state index is 0.0583. The predicted molar refractivity (Wildman–Crippen MR) is 95.3 cm³/mol. The zero-order chi connectivity index (χ0) is 18.3. The largest absolute Gasteiger partial charge is 0.332 e. The Balaban J connectivity index is 1.81. The minimum Gasteiger partial charge on any atom is -0.332 e. The maximum Gasteiger partial charge on any atom is 0.246 e. The van der Waals surface area contributed by atoms with Gasteiger partial charge in [-0.05, 0) is 45.2 Å². The summed E-state index contributed by atoms with van der Waals surface area (Å²) in [5, 5.41) is 0. The Morgan fingerprint density at radius 3 is 2.60 bits per heavy atom. The lowest BCUT2D eigenvalue weighted by Gasteiger charge is -2.41. The molecule has 0 saturated carbocycles. The molecule has 6 heteroatoms. The third-order valence-electron chi connectivity index (χ3n) is 5.35. The smallest absolute Gasteiger partial charge is 0.246 e. The number of hydrogen-bond donors (Lipinski definition) is 0. The molecule has 0 unspecified atom stereocenters. The van der Waals surface area contributed by atoms with Crippen LogP contribution in [0.1, 0.15) is 31.4 Å². The molecule has 6 nitrogen and oxygen atoms in total. The molecule has 3 amide bonds. The van der Waals surface area contributed by atoms with Gasteiger partial charge in [0.25, 0.3) is 0 Å². The van der Waals surface area contributed by atoms with Crippen molar-refractivity contribution in [2.24, 2.45) is 0 Å². The number of carbonyl (C=O) groups excluding carboxylic acids is 3. The maximum atomic E-state index is 12.9. The average Bonchev–Trinajstić information content (AvgIpc) is 2.61. The number of nitrogens with zero attached hydrogens (tertiary/aromatic N) is 3. The highest BCUT2D eigenvalue weighted by molar-refractivity contribution is 6.02. The van der Waals surface area contributed by atoms with Crippen molar-refractivity contribution in [3.8, 4) is 0 Å². The zero-order valence-electron chi connectivity index (χ0n) is 15.3. The van der Waals surface area contributed by atoms with E-state index in [1.807, 2.05) is 19.1 Å². The van der Waals surface area contributed by atoms with Crippen LogP contribution in [0.25, 0.3) is 0 Å². The van der Waals surface area contributed by atoms with Crippen molar-refractivity contribution in [3.05, 3.63) is 29.3 Å². The van der Waals surface area contributed by atoms with Crippen molar-refractivity contribution in [1.29, 1.82) is 0 Å². The lowest BCUT2D eigenvalue weighted by molar-refractivity contribution is -0.159. The molecule has 2 aliphatic rings. The van der Waals surface area contributed by atoms with Gasteiger partial charge in [0, 0.05) is 19.3 Å². The fraction of sp³-hybridized carbons (Fsp3) is 0.526. The van der Waals surface area contributed by atoms with Crippen LogP contribution in [0.5, 0.6) is 0 Å². The van der Waals surface area contributed by atoms with Crippen LogP contribution in [0.2, 0.25) is 0 Å². The van der Waals surface area contributed by atoms with Crippen molar-refractivity contribution in [3.63, 3.8) is 0 Å². The molecule has 2 heterocycles. The maximum absolute atomic E-state index is 12.9. The van der Waals surface area contributed by atoms with E-state index in [1.54, 1.807) is 25.8 Å². The molecule has 3 rings (SSSR count). The summed E-state index contributed by atoms with van der Waals surface area (Å²) in [4.78, 5) is 42.4. The Morgan fingerprint density at radius 1 is 1.16 bits per heavy atom. The molecule has 1 saturated heterocycles. The van der Waals surface area contributed by atoms with Gasteiger partial charge in [0.15, 0.2) is 0 Å². The van der Waals surface area contributed by atoms with Crippen LogP contribution in [0.3, 0.4) is 0 Å². The van der Waals surface area contributed by atoms with Crippen LogP contribution in [-0.2, 0) is 20.8 Å². The van der Waals surface area contributed by atoms with Crippen LogP contribution >= 0.6 is 0 Å². The first-order chi connectivity index (χ1) is 11.8. The molecule has 0 bridgehead atoms. The predicted octanol–water partition coefficient (Wildman–Crippen LogP) is 1.35. The number of benzene rings is 1. The number of anilines is 1. The standard InChI is InChI=1S/C19H25N3O3/c1-12-7-8-16-15(10-12)6-5-9-21(16)17(23)11-22-14(3)18(24)20(4)13(2)19(22)25/h7-8,10,13-14H,5-6,9,11H2,1-4H3/t13-,14-/m0/s1. The SMILES string of the molecule is Cc1ccc2c(c1)CCCN2C(=O)CN1C(=O)[C@H](C)N(C)C(=O)[C@@H]1C. The van der Waals surface area contributed by atoms with Gasteiger partial charge in [-0.2, -0.15) is 0 Å². The molecule has 134 valence electrons. The number of carbonyl (C=O) groups is 3. The van der Waals surface area contributed by atoms with E-state index in [9.17, 15) is 14.4 Å². The van der Waals surface area contributed by atoms with Gasteiger partial charge in [-0.15, -0.1) is 0 Å². The second-order valence-corrected chi connectivity index (χ2v) is 7.05. The summed E-state index contributed by atoms with van der Waals surface area (Å²) in [5.41, 5.74) is 3.27. The van der Waals surface area contributed by atoms with E-state index in [0.717, 1.165) is 18.5 Å². The summed E-state index contributed by atoms with van der Waals surface area (Å²) in [6, 6.07) is 4.95. The van der Waals surface area contributed by atoms with Gasteiger partial charge in [0.1, 0.15) is 18.6 Å². The van der Waals surface area contributed by atoms with Crippen molar-refractivity contribution in [2.45, 2.75) is 45.7 Å². The summed E-state index contributed by atoms with van der Waals surface area (Å²) in [6.07, 6.45) is 1.87. The van der Waals surface area contributed by atoms with E-state index < -0.39 is 12.1 Å². The van der Waals surface area contributed by atoms with E-state index in [1.165, 1.54) is 20.9 Å². The van der Waals surface area contributed by atoms with E-state index >= 15 is 0 Å². The van der Waals surface area contributed by atoms with Crippen molar-refractivity contribution in [1.82, 2.24) is 9.80 Å². The lowest BCUT2D eigenvalue weighted by Crippen LogP contribution is -2.63. The molecule has 1 aromatic carbocycles. The first kappa shape index (κ1) is 17.5. The van der Waals surface area contributed by atoms with E-state index in [-0.39, 0.29) is 24.3 Å². The molecular formula is C19H25N3O3. The minimum atomic E-state index is -0.611. The van der Waals surface area contributed by atoms with Gasteiger partial charge in [-0.1, -0.05) is 17.7 Å². The molecular weight excluding hydrogens is 318 g/mol. The van der Waals surface area contributed by atoms with Crippen LogP contribution in [-0.4, -0.2) is 59.7 Å². The zero-order valence-corrected chi connectivity index (χ0v) is 15.3. The Hall–Kier alpha value is -2.37. The molecule has 25 heavy (non-hydrogen) atoms. The highest BCUT2D eigenvalue weighted by Gasteiger charge is 2.41. The molecule has 0 N–H and O–H groups in total. The summed E-state index contributed by atoms with van der Waals surface area (Å²) < 4.78 is 0. The van der Waals surface area contributed by atoms with Gasteiger partial charge < -0.3 is 14.7 Å². The molecule has 2 atom stereocenters. The van der Waals surface area contributed by atoms with E-state index in [0.29, 0.717) is 6.54 Å². The Bertz CT molecular complexity index is 731. The Morgan fingerprint density at radius 2 is 1.88 bits per heavy atom. The summed E-state index contributed by atoms with van der Waals surface area (Å²) in [6.45, 7) is 6.01. The molecule has 0 aliphatic carbocycles. The number of fused-ring (bicyclic) bond motifs is 1. The number of piperazine rings is 1. The van der Waals surface area contributed by atoms with Crippen LogP contribution in [0.15, 0.2) is 18.2 Å². The van der Waals surface area contributed by atoms with Crippen LogP contribution < -0.4 is 4.90 Å². The van der Waals surface area contributed by atoms with Gasteiger partial charge in [0.05, 0.1) is 0 Å². The molecule has 0 aromatic heterocycles. The number of amides is 3. The normalized spacial score (nSPS) is 23.8. The fourth-order valence-corrected chi connectivity index (χ4v) is 3.65. The first-order valence-electron chi connectivity index (χ1n) is 8.78. The Labute approximate surface area is 148 Å². The third kappa shape index (κ3) is 3.01. The first-order valence-corrected chi connectivity index (χ1v) is 8.78. The van der Waals surface area contributed by atoms with Crippen LogP contribution in [0, 0.1) is 6.92 Å². The van der Waals surface area contributed by atoms with Gasteiger partial charge >= 0.3 is 0 Å². The highest BCUT2D eigenvalue weighted by Crippen LogP contribution is 2.28. The van der Waals surface area contributed by atoms with Gasteiger partial charge in [-0.25, -0.2) is 0 Å². The summed E-state index contributed by atoms with van der Waals surface area (Å²) >= 11 is 0. The lowest BCUT2D eigenvalue weighted by atomic mass is 9.99. The van der Waals surface area contributed by atoms with E-state index in [4.69, 9.17) is 0 Å². The van der Waals surface area contributed by atoms with Crippen molar-refractivity contribution in [2.75, 3.05) is 25.0 Å². The fourth-order valence-electron chi connectivity index (χ4n) is 3.65. The topological polar surface area (TPSA) is 60.9 Å². The molecule has 0 radical (unpaired) electrons. The van der Waals surface area contributed by atoms with Crippen molar-refractivity contribution < 1.29 is 14.4 Å². The van der Waals surface area contributed by atoms with Crippen LogP contribution in [0.4, 0.5) is 5.69 Å². The average molecular weight is 343 g/mol. The molecule has 1 fully saturated rings. The quantitative estimate of drug-likeness (QED) is 0.814. The highest BCUT2D eigenvalue weighted by atomic mass is 16.2. The summed E-state index contributed by atoms with van der Waals surface area (Å²) in [7, 11) is 1.63. The number of rotatable bonds is 2. The number of hydrogen-bond acceptors (Lipinski definition) is 3. The monoisotopic (exact) mass is 343 g/mol. The second kappa shape index (κ2) is 6.50. The van der Waals surface area contributed by atoms with Crippen molar-refractivity contribution >= 4 is 23.4 Å². The van der Waals surface area contributed by atoms with E-state index in [2.05, 4.69) is 6.07 Å². The third-order valence-corrected chi connectivity index (χ3v) is 5.35. The summed E-state index contributed by atoms with van der Waals surface area (Å²) in [5.74, 6) is -0.437. The number of likely N-dealkylation sites (N-methyl/N-ethyl adjacent to an activating group) is 1. The van der Waals surface area contributed by atoms with Gasteiger partial charge in [0.2, 0.25) is 17.7 Å². The second-order valence-electron chi connectivity index (χ2n) is 7.05. The molecule has 2 aliphatic heterocycles. The number of aryl methyl sites for hydroxylation is 2. The molecule has 1 aromatic rings.